The molecule has 0 unspecified atom stereocenters. The van der Waals surface area contributed by atoms with Gasteiger partial charge >= 0.3 is 0 Å². The van der Waals surface area contributed by atoms with Gasteiger partial charge in [-0.15, -0.1) is 0 Å². The highest BCUT2D eigenvalue weighted by atomic mass is 35.5. The van der Waals surface area contributed by atoms with Crippen LogP contribution in [0.5, 0.6) is 5.75 Å². The van der Waals surface area contributed by atoms with Gasteiger partial charge in [-0.2, -0.15) is 0 Å². The van der Waals surface area contributed by atoms with E-state index in [1.54, 1.807) is 0 Å². The summed E-state index contributed by atoms with van der Waals surface area (Å²) in [5, 5.41) is 2.95. The molecule has 0 heterocycles. The molecule has 0 aliphatic rings. The van der Waals surface area contributed by atoms with Gasteiger partial charge in [0.15, 0.2) is 0 Å². The van der Waals surface area contributed by atoms with E-state index in [2.05, 4.69) is 22.4 Å². The summed E-state index contributed by atoms with van der Waals surface area (Å²) in [7, 11) is 0. The van der Waals surface area contributed by atoms with Crippen molar-refractivity contribution >= 4 is 29.0 Å². The molecule has 1 rings (SSSR count). The van der Waals surface area contributed by atoms with Crippen LogP contribution in [0.2, 0.25) is 5.02 Å². The number of nitrogens with zero attached hydrogens (tertiary/aromatic N) is 1. The van der Waals surface area contributed by atoms with Gasteiger partial charge in [0.05, 0.1) is 23.3 Å². The average Bonchev–Trinajstić information content (AvgIpc) is 2.23. The molecule has 0 aliphatic heterocycles. The van der Waals surface area contributed by atoms with Gasteiger partial charge in [-0.3, -0.25) is 0 Å². The Balaban J connectivity index is 2.43. The van der Waals surface area contributed by atoms with E-state index in [9.17, 15) is 0 Å². The first-order valence-electron chi connectivity index (χ1n) is 4.66. The van der Waals surface area contributed by atoms with Crippen LogP contribution in [0.15, 0.2) is 23.2 Å². The molecule has 0 aliphatic carbocycles. The zero-order valence-electron chi connectivity index (χ0n) is 8.50. The van der Waals surface area contributed by atoms with Gasteiger partial charge in [0, 0.05) is 6.42 Å². The molecule has 0 saturated heterocycles. The first kappa shape index (κ1) is 12.2. The molecule has 0 amide bonds. The Morgan fingerprint density at radius 2 is 2.33 bits per heavy atom. The fourth-order valence-corrected chi connectivity index (χ4v) is 1.36. The molecule has 0 atom stereocenters. The van der Waals surface area contributed by atoms with Gasteiger partial charge in [-0.05, 0) is 36.8 Å². The quantitative estimate of drug-likeness (QED) is 0.447. The summed E-state index contributed by atoms with van der Waals surface area (Å²) in [6.45, 7) is 3.23. The maximum absolute atomic E-state index is 5.96. The van der Waals surface area contributed by atoms with Crippen molar-refractivity contribution in [2.75, 3.05) is 13.2 Å². The van der Waals surface area contributed by atoms with Crippen molar-refractivity contribution in [3.63, 3.8) is 0 Å². The maximum Gasteiger partial charge on any atom is 0.138 e. The highest BCUT2D eigenvalue weighted by molar-refractivity contribution is 7.78. The third-order valence-corrected chi connectivity index (χ3v) is 2.26. The molecule has 80 valence electrons. The largest absolute Gasteiger partial charge is 0.492 e. The van der Waals surface area contributed by atoms with Crippen LogP contribution >= 0.6 is 23.8 Å². The van der Waals surface area contributed by atoms with E-state index in [0.29, 0.717) is 18.2 Å². The molecule has 0 bridgehead atoms. The third kappa shape index (κ3) is 4.43. The lowest BCUT2D eigenvalue weighted by Crippen LogP contribution is -1.99. The highest BCUT2D eigenvalue weighted by Gasteiger charge is 2.00. The number of isothiocyanates is 1. The van der Waals surface area contributed by atoms with E-state index >= 15 is 0 Å². The van der Waals surface area contributed by atoms with Crippen molar-refractivity contribution in [2.45, 2.75) is 13.3 Å². The number of aliphatic imine (C=N–C) groups is 1. The molecular formula is C11H12ClNOS. The van der Waals surface area contributed by atoms with Gasteiger partial charge in [0.2, 0.25) is 0 Å². The SMILES string of the molecule is Cc1ccc(Cl)c(OCCCN=C=S)c1. The number of thiocarbonyl (C=S) groups is 1. The van der Waals surface area contributed by atoms with E-state index < -0.39 is 0 Å². The summed E-state index contributed by atoms with van der Waals surface area (Å²) < 4.78 is 5.51. The van der Waals surface area contributed by atoms with Crippen LogP contribution in [0.25, 0.3) is 0 Å². The fraction of sp³-hybridized carbons (Fsp3) is 0.364. The van der Waals surface area contributed by atoms with Gasteiger partial charge in [0.25, 0.3) is 0 Å². The Bertz CT molecular complexity index is 375. The van der Waals surface area contributed by atoms with Crippen LogP contribution in [0, 0.1) is 6.92 Å². The second-order valence-corrected chi connectivity index (χ2v) is 3.70. The number of hydrogen-bond donors (Lipinski definition) is 0. The van der Waals surface area contributed by atoms with Crippen LogP contribution in [0.4, 0.5) is 0 Å². The highest BCUT2D eigenvalue weighted by Crippen LogP contribution is 2.25. The number of ether oxygens (including phenoxy) is 1. The summed E-state index contributed by atoms with van der Waals surface area (Å²) in [5.41, 5.74) is 1.13. The molecule has 0 fully saturated rings. The number of rotatable bonds is 5. The Labute approximate surface area is 99.9 Å². The Kier molecular flexibility index (Phi) is 5.33. The van der Waals surface area contributed by atoms with Crippen molar-refractivity contribution in [1.82, 2.24) is 0 Å². The Morgan fingerprint density at radius 1 is 1.53 bits per heavy atom. The average molecular weight is 242 g/mol. The molecule has 0 radical (unpaired) electrons. The number of aryl methyl sites for hydroxylation is 1. The monoisotopic (exact) mass is 241 g/mol. The summed E-state index contributed by atoms with van der Waals surface area (Å²) in [6.07, 6.45) is 0.813. The molecule has 1 aromatic rings. The van der Waals surface area contributed by atoms with Gasteiger partial charge < -0.3 is 4.74 Å². The van der Waals surface area contributed by atoms with E-state index in [1.165, 1.54) is 0 Å². The topological polar surface area (TPSA) is 21.6 Å². The maximum atomic E-state index is 5.96. The molecule has 0 N–H and O–H groups in total. The van der Waals surface area contributed by atoms with Gasteiger partial charge in [-0.25, -0.2) is 4.99 Å². The third-order valence-electron chi connectivity index (χ3n) is 1.82. The Morgan fingerprint density at radius 3 is 3.07 bits per heavy atom. The van der Waals surface area contributed by atoms with Crippen LogP contribution in [-0.4, -0.2) is 18.3 Å². The van der Waals surface area contributed by atoms with Crippen LogP contribution in [0.3, 0.4) is 0 Å². The zero-order chi connectivity index (χ0) is 11.1. The lowest BCUT2D eigenvalue weighted by Gasteiger charge is -2.07. The summed E-state index contributed by atoms with van der Waals surface area (Å²) in [5.74, 6) is 0.725. The lowest BCUT2D eigenvalue weighted by molar-refractivity contribution is 0.313. The lowest BCUT2D eigenvalue weighted by atomic mass is 10.2. The van der Waals surface area contributed by atoms with Crippen molar-refractivity contribution in [1.29, 1.82) is 0 Å². The zero-order valence-corrected chi connectivity index (χ0v) is 10.1. The molecule has 1 aromatic carbocycles. The predicted molar refractivity (Wildman–Crippen MR) is 66.2 cm³/mol. The van der Waals surface area contributed by atoms with Crippen molar-refractivity contribution in [2.24, 2.45) is 4.99 Å². The minimum absolute atomic E-state index is 0.587. The smallest absolute Gasteiger partial charge is 0.138 e. The van der Waals surface area contributed by atoms with Crippen LogP contribution in [0.1, 0.15) is 12.0 Å². The summed E-state index contributed by atoms with van der Waals surface area (Å²) >= 11 is 10.4. The number of benzene rings is 1. The van der Waals surface area contributed by atoms with E-state index in [-0.39, 0.29) is 0 Å². The first-order chi connectivity index (χ1) is 7.24. The molecule has 4 heteroatoms. The number of halogens is 1. The molecule has 2 nitrogen and oxygen atoms in total. The fourth-order valence-electron chi connectivity index (χ4n) is 1.09. The minimum Gasteiger partial charge on any atom is -0.492 e. The van der Waals surface area contributed by atoms with Crippen molar-refractivity contribution in [3.8, 4) is 5.75 Å². The van der Waals surface area contributed by atoms with Crippen molar-refractivity contribution in [3.05, 3.63) is 28.8 Å². The molecule has 15 heavy (non-hydrogen) atoms. The van der Waals surface area contributed by atoms with E-state index in [0.717, 1.165) is 17.7 Å². The number of hydrogen-bond acceptors (Lipinski definition) is 3. The molecular weight excluding hydrogens is 230 g/mol. The van der Waals surface area contributed by atoms with Crippen molar-refractivity contribution < 1.29 is 4.74 Å². The molecule has 0 aromatic heterocycles. The summed E-state index contributed by atoms with van der Waals surface area (Å²) in [6, 6.07) is 5.71. The minimum atomic E-state index is 0.587. The predicted octanol–water partition coefficient (Wildman–Crippen LogP) is 3.52. The second kappa shape index (κ2) is 6.57. The van der Waals surface area contributed by atoms with E-state index in [4.69, 9.17) is 16.3 Å². The summed E-state index contributed by atoms with van der Waals surface area (Å²) in [4.78, 5) is 3.79. The van der Waals surface area contributed by atoms with E-state index in [1.807, 2.05) is 25.1 Å². The van der Waals surface area contributed by atoms with Crippen LogP contribution in [-0.2, 0) is 0 Å². The van der Waals surface area contributed by atoms with Gasteiger partial charge in [0.1, 0.15) is 5.75 Å². The Hall–Kier alpha value is -0.890. The standard InChI is InChI=1S/C11H12ClNOS/c1-9-3-4-10(12)11(7-9)14-6-2-5-13-8-15/h3-4,7H,2,5-6H2,1H3. The molecule has 0 spiro atoms. The second-order valence-electron chi connectivity index (χ2n) is 3.11. The van der Waals surface area contributed by atoms with Crippen LogP contribution < -0.4 is 4.74 Å². The first-order valence-corrected chi connectivity index (χ1v) is 5.45. The van der Waals surface area contributed by atoms with Gasteiger partial charge in [-0.1, -0.05) is 17.7 Å². The normalized spacial score (nSPS) is 9.47. The molecule has 0 saturated carbocycles.